The van der Waals surface area contributed by atoms with Gasteiger partial charge in [-0.15, -0.1) is 0 Å². The number of amides is 1. The molecule has 1 amide bonds. The highest BCUT2D eigenvalue weighted by Crippen LogP contribution is 2.34. The number of hydrogen-bond donors (Lipinski definition) is 1. The Morgan fingerprint density at radius 2 is 2.04 bits per heavy atom. The number of benzene rings is 1. The van der Waals surface area contributed by atoms with Crippen LogP contribution in [-0.2, 0) is 11.3 Å². The molecule has 1 aliphatic carbocycles. The average Bonchev–Trinajstić information content (AvgIpc) is 3.59. The molecule has 1 aromatic heterocycles. The number of likely N-dealkylation sites (tertiary alicyclic amines) is 1. The number of piperidine rings is 1. The predicted molar refractivity (Wildman–Crippen MR) is 109 cm³/mol. The number of carbonyl (C=O) groups excluding carboxylic acids is 1. The summed E-state index contributed by atoms with van der Waals surface area (Å²) in [5.74, 6) is 1.70. The molecule has 1 saturated carbocycles. The molecular formula is C23H29N3O2. The van der Waals surface area contributed by atoms with Gasteiger partial charge in [0.25, 0.3) is 0 Å². The second-order valence-corrected chi connectivity index (χ2v) is 7.96. The van der Waals surface area contributed by atoms with Crippen LogP contribution in [-0.4, -0.2) is 36.0 Å². The van der Waals surface area contributed by atoms with Gasteiger partial charge in [-0.25, -0.2) is 0 Å². The molecule has 28 heavy (non-hydrogen) atoms. The number of para-hydroxylation sites is 1. The number of aromatic nitrogens is 1. The van der Waals surface area contributed by atoms with Crippen molar-refractivity contribution in [1.29, 1.82) is 0 Å². The van der Waals surface area contributed by atoms with Crippen molar-refractivity contribution >= 4 is 5.91 Å². The summed E-state index contributed by atoms with van der Waals surface area (Å²) in [6, 6.07) is 14.2. The van der Waals surface area contributed by atoms with Crippen LogP contribution in [0.5, 0.6) is 5.75 Å². The quantitative estimate of drug-likeness (QED) is 0.799. The Morgan fingerprint density at radius 3 is 2.79 bits per heavy atom. The first-order chi connectivity index (χ1) is 13.7. The summed E-state index contributed by atoms with van der Waals surface area (Å²) >= 11 is 0. The molecule has 1 aromatic carbocycles. The van der Waals surface area contributed by atoms with Crippen LogP contribution in [0.15, 0.2) is 48.7 Å². The second-order valence-electron chi connectivity index (χ2n) is 7.96. The molecule has 2 aromatic rings. The van der Waals surface area contributed by atoms with E-state index in [1.54, 1.807) is 7.11 Å². The Balaban J connectivity index is 1.49. The number of nitrogens with zero attached hydrogens (tertiary/aromatic N) is 2. The van der Waals surface area contributed by atoms with Crippen LogP contribution < -0.4 is 10.1 Å². The zero-order chi connectivity index (χ0) is 19.3. The summed E-state index contributed by atoms with van der Waals surface area (Å²) < 4.78 is 5.52. The lowest BCUT2D eigenvalue weighted by molar-refractivity contribution is -0.123. The third kappa shape index (κ3) is 4.53. The second kappa shape index (κ2) is 8.74. The van der Waals surface area contributed by atoms with Crippen LogP contribution in [0.4, 0.5) is 0 Å². The maximum atomic E-state index is 12.5. The topological polar surface area (TPSA) is 54.5 Å². The first-order valence-electron chi connectivity index (χ1n) is 10.3. The molecule has 2 aliphatic rings. The highest BCUT2D eigenvalue weighted by molar-refractivity contribution is 5.81. The molecule has 148 valence electrons. The third-order valence-corrected chi connectivity index (χ3v) is 5.85. The number of methoxy groups -OCH3 is 1. The normalized spacial score (nSPS) is 21.1. The molecule has 2 heterocycles. The highest BCUT2D eigenvalue weighted by Gasteiger charge is 2.35. The van der Waals surface area contributed by atoms with E-state index in [1.807, 2.05) is 36.5 Å². The summed E-state index contributed by atoms with van der Waals surface area (Å²) in [4.78, 5) is 19.6. The molecule has 5 nitrogen and oxygen atoms in total. The summed E-state index contributed by atoms with van der Waals surface area (Å²) in [5.41, 5.74) is 2.18. The van der Waals surface area contributed by atoms with Crippen molar-refractivity contribution in [2.75, 3.05) is 20.2 Å². The van der Waals surface area contributed by atoms with Crippen LogP contribution in [0.1, 0.15) is 43.0 Å². The number of nitrogens with one attached hydrogen (secondary N) is 1. The van der Waals surface area contributed by atoms with E-state index in [1.165, 1.54) is 5.56 Å². The molecule has 0 spiro atoms. The van der Waals surface area contributed by atoms with Gasteiger partial charge in [-0.1, -0.05) is 24.3 Å². The van der Waals surface area contributed by atoms with E-state index in [-0.39, 0.29) is 17.9 Å². The van der Waals surface area contributed by atoms with Crippen molar-refractivity contribution in [3.63, 3.8) is 0 Å². The van der Waals surface area contributed by atoms with Gasteiger partial charge in [0, 0.05) is 30.8 Å². The van der Waals surface area contributed by atoms with E-state index in [4.69, 9.17) is 4.74 Å². The molecule has 4 rings (SSSR count). The molecule has 5 heteroatoms. The zero-order valence-electron chi connectivity index (χ0n) is 16.5. The number of hydrogen-bond acceptors (Lipinski definition) is 4. The first kappa shape index (κ1) is 18.9. The van der Waals surface area contributed by atoms with Crippen LogP contribution >= 0.6 is 0 Å². The van der Waals surface area contributed by atoms with Gasteiger partial charge in [0.2, 0.25) is 5.91 Å². The Labute approximate surface area is 167 Å². The van der Waals surface area contributed by atoms with E-state index >= 15 is 0 Å². The van der Waals surface area contributed by atoms with E-state index in [2.05, 4.69) is 27.3 Å². The molecule has 0 radical (unpaired) electrons. The van der Waals surface area contributed by atoms with Gasteiger partial charge in [0.05, 0.1) is 18.8 Å². The number of carbonyl (C=O) groups is 1. The summed E-state index contributed by atoms with van der Waals surface area (Å²) in [6.45, 7) is 2.89. The number of ether oxygens (including phenoxy) is 1. The van der Waals surface area contributed by atoms with Gasteiger partial charge < -0.3 is 10.1 Å². The number of rotatable bonds is 7. The van der Waals surface area contributed by atoms with E-state index in [0.29, 0.717) is 5.92 Å². The Kier molecular flexibility index (Phi) is 5.91. The highest BCUT2D eigenvalue weighted by atomic mass is 16.5. The lowest BCUT2D eigenvalue weighted by Gasteiger charge is -2.37. The Bertz CT molecular complexity index is 791. The molecule has 2 atom stereocenters. The van der Waals surface area contributed by atoms with Crippen molar-refractivity contribution in [1.82, 2.24) is 15.2 Å². The number of pyridine rings is 1. The van der Waals surface area contributed by atoms with Gasteiger partial charge in [0.1, 0.15) is 5.75 Å². The fourth-order valence-corrected chi connectivity index (χ4v) is 4.19. The van der Waals surface area contributed by atoms with Crippen molar-refractivity contribution in [3.05, 3.63) is 59.9 Å². The van der Waals surface area contributed by atoms with Crippen LogP contribution in [0, 0.1) is 11.8 Å². The Morgan fingerprint density at radius 1 is 1.21 bits per heavy atom. The smallest absolute Gasteiger partial charge is 0.223 e. The van der Waals surface area contributed by atoms with Gasteiger partial charge >= 0.3 is 0 Å². The predicted octanol–water partition coefficient (Wildman–Crippen LogP) is 3.57. The molecule has 1 saturated heterocycles. The van der Waals surface area contributed by atoms with Crippen molar-refractivity contribution in [2.45, 2.75) is 38.3 Å². The largest absolute Gasteiger partial charge is 0.496 e. The molecular weight excluding hydrogens is 350 g/mol. The minimum Gasteiger partial charge on any atom is -0.496 e. The molecule has 2 fully saturated rings. The fourth-order valence-electron chi connectivity index (χ4n) is 4.19. The van der Waals surface area contributed by atoms with E-state index in [0.717, 1.165) is 56.8 Å². The van der Waals surface area contributed by atoms with Gasteiger partial charge in [-0.2, -0.15) is 0 Å². The maximum Gasteiger partial charge on any atom is 0.223 e. The van der Waals surface area contributed by atoms with Crippen LogP contribution in [0.25, 0.3) is 0 Å². The summed E-state index contributed by atoms with van der Waals surface area (Å²) in [7, 11) is 1.72. The molecule has 0 bridgehead atoms. The summed E-state index contributed by atoms with van der Waals surface area (Å²) in [5, 5.41) is 3.32. The first-order valence-corrected chi connectivity index (χ1v) is 10.3. The molecule has 0 unspecified atom stereocenters. The van der Waals surface area contributed by atoms with Crippen LogP contribution in [0.2, 0.25) is 0 Å². The maximum absolute atomic E-state index is 12.5. The monoisotopic (exact) mass is 379 g/mol. The van der Waals surface area contributed by atoms with Gasteiger partial charge in [-0.3, -0.25) is 14.7 Å². The van der Waals surface area contributed by atoms with Crippen molar-refractivity contribution in [3.8, 4) is 5.75 Å². The lowest BCUT2D eigenvalue weighted by atomic mass is 9.88. The average molecular weight is 380 g/mol. The summed E-state index contributed by atoms with van der Waals surface area (Å²) in [6.07, 6.45) is 6.09. The Hall–Kier alpha value is -2.40. The third-order valence-electron chi connectivity index (χ3n) is 5.85. The van der Waals surface area contributed by atoms with E-state index < -0.39 is 0 Å². The van der Waals surface area contributed by atoms with Gasteiger partial charge in [0.15, 0.2) is 0 Å². The standard InChI is InChI=1S/C23H29N3O2/c1-28-21-10-3-2-7-18(21)15-26-14-6-8-19(16-26)22(20-9-4-5-13-24-20)25-23(27)17-11-12-17/h2-5,7,9-10,13,17,19,22H,6,8,11-12,14-16H2,1H3,(H,25,27)/t19-,22-/m0/s1. The SMILES string of the molecule is COc1ccccc1CN1CCC[C@H]([C@H](NC(=O)C2CC2)c2ccccn2)C1. The van der Waals surface area contributed by atoms with Crippen LogP contribution in [0.3, 0.4) is 0 Å². The van der Waals surface area contributed by atoms with E-state index in [9.17, 15) is 4.79 Å². The molecule has 1 aliphatic heterocycles. The zero-order valence-corrected chi connectivity index (χ0v) is 16.5. The minimum atomic E-state index is -0.0187. The van der Waals surface area contributed by atoms with Crippen molar-refractivity contribution in [2.24, 2.45) is 11.8 Å². The fraction of sp³-hybridized carbons (Fsp3) is 0.478. The lowest BCUT2D eigenvalue weighted by Crippen LogP contribution is -2.43. The molecule has 1 N–H and O–H groups in total. The van der Waals surface area contributed by atoms with Crippen molar-refractivity contribution < 1.29 is 9.53 Å². The minimum absolute atomic E-state index is 0.0187. The van der Waals surface area contributed by atoms with Gasteiger partial charge in [-0.05, 0) is 56.3 Å².